The van der Waals surface area contributed by atoms with E-state index in [0.29, 0.717) is 12.8 Å². The van der Waals surface area contributed by atoms with Gasteiger partial charge in [0.05, 0.1) is 7.11 Å². The van der Waals surface area contributed by atoms with E-state index in [4.69, 9.17) is 4.84 Å². The molecule has 0 aromatic carbocycles. The van der Waals surface area contributed by atoms with Crippen molar-refractivity contribution in [2.45, 2.75) is 116 Å². The molecule has 9 nitrogen and oxygen atoms in total. The number of hydroxylamine groups is 2. The van der Waals surface area contributed by atoms with Crippen molar-refractivity contribution in [3.8, 4) is 0 Å². The van der Waals surface area contributed by atoms with E-state index < -0.39 is 29.8 Å². The van der Waals surface area contributed by atoms with Crippen molar-refractivity contribution in [3.63, 3.8) is 0 Å². The lowest BCUT2D eigenvalue weighted by Gasteiger charge is -2.29. The Labute approximate surface area is 242 Å². The number of carbonyl (C=O) groups excluding carboxylic acids is 4. The molecule has 1 rings (SSSR count). The molecule has 1 heterocycles. The van der Waals surface area contributed by atoms with Gasteiger partial charge in [0.25, 0.3) is 5.91 Å². The van der Waals surface area contributed by atoms with E-state index in [-0.39, 0.29) is 30.1 Å². The number of amides is 4. The zero-order valence-electron chi connectivity index (χ0n) is 26.2. The molecule has 1 aliphatic rings. The number of unbranched alkanes of at least 4 members (excludes halogenated alkanes) is 4. The van der Waals surface area contributed by atoms with Crippen LogP contribution in [0.1, 0.15) is 104 Å². The van der Waals surface area contributed by atoms with Crippen molar-refractivity contribution in [1.82, 2.24) is 20.6 Å². The van der Waals surface area contributed by atoms with Gasteiger partial charge in [-0.3, -0.25) is 24.0 Å². The van der Waals surface area contributed by atoms with Crippen LogP contribution in [0, 0.1) is 17.8 Å². The van der Waals surface area contributed by atoms with Crippen molar-refractivity contribution in [3.05, 3.63) is 12.2 Å². The maximum absolute atomic E-state index is 13.6. The monoisotopic (exact) mass is 564 g/mol. The van der Waals surface area contributed by atoms with Gasteiger partial charge in [-0.1, -0.05) is 71.4 Å². The van der Waals surface area contributed by atoms with Gasteiger partial charge in [-0.15, -0.1) is 0 Å². The van der Waals surface area contributed by atoms with Crippen LogP contribution in [0.2, 0.25) is 0 Å². The van der Waals surface area contributed by atoms with E-state index in [1.165, 1.54) is 38.3 Å². The average Bonchev–Trinajstić information content (AvgIpc) is 2.91. The summed E-state index contributed by atoms with van der Waals surface area (Å²) in [6.07, 6.45) is 15.2. The summed E-state index contributed by atoms with van der Waals surface area (Å²) in [7, 11) is 6.24. The summed E-state index contributed by atoms with van der Waals surface area (Å²) in [6.45, 7) is 6.20. The molecule has 9 heteroatoms. The Bertz CT molecular complexity index is 814. The smallest absolute Gasteiger partial charge is 0.268 e. The largest absolute Gasteiger partial charge is 0.349 e. The van der Waals surface area contributed by atoms with E-state index in [9.17, 15) is 19.2 Å². The summed E-state index contributed by atoms with van der Waals surface area (Å²) in [6, 6.07) is -1.75. The summed E-state index contributed by atoms with van der Waals surface area (Å²) in [5.74, 6) is -1.53. The third kappa shape index (κ3) is 13.3. The van der Waals surface area contributed by atoms with Gasteiger partial charge in [-0.25, -0.2) is 5.06 Å². The Morgan fingerprint density at radius 2 is 1.68 bits per heavy atom. The molecule has 2 N–H and O–H groups in total. The SMILES string of the molecule is CCCCCCCC1CCCC/C=C\CC(C(=O)N(C)C)C[C@@H](C(=O)N(C)OC)NC(=O)[C@H](CC(C)C)NC1=O. The van der Waals surface area contributed by atoms with Crippen LogP contribution in [-0.2, 0) is 24.0 Å². The highest BCUT2D eigenvalue weighted by Crippen LogP contribution is 2.22. The van der Waals surface area contributed by atoms with Crippen LogP contribution in [0.3, 0.4) is 0 Å². The Balaban J connectivity index is 3.29. The molecule has 1 aliphatic heterocycles. The summed E-state index contributed by atoms with van der Waals surface area (Å²) < 4.78 is 0. The highest BCUT2D eigenvalue weighted by atomic mass is 16.7. The van der Waals surface area contributed by atoms with E-state index in [1.54, 1.807) is 14.1 Å². The van der Waals surface area contributed by atoms with Crippen LogP contribution < -0.4 is 10.6 Å². The van der Waals surface area contributed by atoms with Crippen molar-refractivity contribution in [2.24, 2.45) is 17.8 Å². The third-order valence-electron chi connectivity index (χ3n) is 7.64. The topological polar surface area (TPSA) is 108 Å². The van der Waals surface area contributed by atoms with E-state index in [0.717, 1.165) is 50.0 Å². The molecule has 0 aliphatic carbocycles. The van der Waals surface area contributed by atoms with Crippen molar-refractivity contribution >= 4 is 23.6 Å². The molecule has 40 heavy (non-hydrogen) atoms. The van der Waals surface area contributed by atoms with Crippen LogP contribution in [0.15, 0.2) is 12.2 Å². The fourth-order valence-corrected chi connectivity index (χ4v) is 5.18. The molecule has 4 atom stereocenters. The zero-order valence-corrected chi connectivity index (χ0v) is 26.2. The first-order valence-electron chi connectivity index (χ1n) is 15.3. The van der Waals surface area contributed by atoms with Crippen LogP contribution >= 0.6 is 0 Å². The minimum absolute atomic E-state index is 0.0866. The van der Waals surface area contributed by atoms with Gasteiger partial charge in [0.1, 0.15) is 12.1 Å². The molecule has 0 aromatic heterocycles. The highest BCUT2D eigenvalue weighted by Gasteiger charge is 2.34. The number of allylic oxidation sites excluding steroid dienone is 2. The summed E-state index contributed by atoms with van der Waals surface area (Å²) in [5.41, 5.74) is 0. The predicted molar refractivity (Wildman–Crippen MR) is 159 cm³/mol. The first kappa shape index (κ1) is 35.6. The summed E-state index contributed by atoms with van der Waals surface area (Å²) >= 11 is 0. The summed E-state index contributed by atoms with van der Waals surface area (Å²) in [5, 5.41) is 6.99. The number of rotatable bonds is 11. The molecule has 0 bridgehead atoms. The maximum atomic E-state index is 13.6. The molecular formula is C31H56N4O5. The van der Waals surface area contributed by atoms with Crippen molar-refractivity contribution in [2.75, 3.05) is 28.3 Å². The summed E-state index contributed by atoms with van der Waals surface area (Å²) in [4.78, 5) is 60.0. The number of nitrogens with zero attached hydrogens (tertiary/aromatic N) is 2. The molecule has 0 radical (unpaired) electrons. The van der Waals surface area contributed by atoms with Gasteiger partial charge in [-0.2, -0.15) is 0 Å². The number of hydrogen-bond donors (Lipinski definition) is 2. The first-order valence-corrected chi connectivity index (χ1v) is 15.3. The lowest BCUT2D eigenvalue weighted by Crippen LogP contribution is -2.55. The van der Waals surface area contributed by atoms with E-state index >= 15 is 0 Å². The van der Waals surface area contributed by atoms with Gasteiger partial charge in [-0.05, 0) is 50.9 Å². The molecule has 0 saturated heterocycles. The average molecular weight is 565 g/mol. The fourth-order valence-electron chi connectivity index (χ4n) is 5.18. The second-order valence-corrected chi connectivity index (χ2v) is 11.8. The van der Waals surface area contributed by atoms with Crippen LogP contribution in [-0.4, -0.2) is 73.9 Å². The minimum Gasteiger partial charge on any atom is -0.349 e. The third-order valence-corrected chi connectivity index (χ3v) is 7.64. The predicted octanol–water partition coefficient (Wildman–Crippen LogP) is 4.61. The molecule has 0 aromatic rings. The van der Waals surface area contributed by atoms with Gasteiger partial charge in [0.15, 0.2) is 0 Å². The van der Waals surface area contributed by atoms with Gasteiger partial charge >= 0.3 is 0 Å². The van der Waals surface area contributed by atoms with Crippen LogP contribution in [0.25, 0.3) is 0 Å². The first-order chi connectivity index (χ1) is 19.0. The standard InChI is InChI=1S/C31H56N4O5/c1-8-9-10-12-15-18-24-19-16-13-11-14-17-20-25(30(38)34(4)5)22-27(31(39)35(6)40-7)33-29(37)26(21-23(2)3)32-28(24)36/h14,17,23-27H,8-13,15-16,18-22H2,1-7H3,(H,32,36)(H,33,37)/b17-14-/t24?,25?,26-,27-/m0/s1. The maximum Gasteiger partial charge on any atom is 0.268 e. The Kier molecular flexibility index (Phi) is 17.5. The van der Waals surface area contributed by atoms with Gasteiger partial charge in [0, 0.05) is 33.0 Å². The molecule has 2 unspecified atom stereocenters. The zero-order chi connectivity index (χ0) is 30.1. The Hall–Kier alpha value is -2.42. The Morgan fingerprint density at radius 1 is 0.975 bits per heavy atom. The van der Waals surface area contributed by atoms with Crippen molar-refractivity contribution in [1.29, 1.82) is 0 Å². The quantitative estimate of drug-likeness (QED) is 0.216. The fraction of sp³-hybridized carbons (Fsp3) is 0.806. The van der Waals surface area contributed by atoms with Crippen LogP contribution in [0.4, 0.5) is 0 Å². The second kappa shape index (κ2) is 19.6. The Morgan fingerprint density at radius 3 is 2.30 bits per heavy atom. The van der Waals surface area contributed by atoms with Crippen LogP contribution in [0.5, 0.6) is 0 Å². The van der Waals surface area contributed by atoms with Crippen molar-refractivity contribution < 1.29 is 24.0 Å². The number of nitrogens with one attached hydrogen (secondary N) is 2. The second-order valence-electron chi connectivity index (χ2n) is 11.8. The number of carbonyl (C=O) groups is 4. The normalized spacial score (nSPS) is 24.2. The minimum atomic E-state index is -0.978. The number of hydrogen-bond acceptors (Lipinski definition) is 5. The molecule has 4 amide bonds. The van der Waals surface area contributed by atoms with E-state index in [1.807, 2.05) is 19.9 Å². The lowest BCUT2D eigenvalue weighted by molar-refractivity contribution is -0.172. The number of likely N-dealkylation sites (N-methyl/N-ethyl adjacent to an activating group) is 1. The molecule has 0 fully saturated rings. The molecule has 0 saturated carbocycles. The van der Waals surface area contributed by atoms with E-state index in [2.05, 4.69) is 23.6 Å². The van der Waals surface area contributed by atoms with Gasteiger partial charge in [0.2, 0.25) is 17.7 Å². The molecular weight excluding hydrogens is 508 g/mol. The highest BCUT2D eigenvalue weighted by molar-refractivity contribution is 5.92. The molecule has 0 spiro atoms. The lowest BCUT2D eigenvalue weighted by atomic mass is 9.91. The van der Waals surface area contributed by atoms with Gasteiger partial charge < -0.3 is 15.5 Å². The molecule has 230 valence electrons.